The van der Waals surface area contributed by atoms with E-state index in [0.717, 1.165) is 0 Å². The Kier molecular flexibility index (Phi) is 8.73. The minimum Gasteiger partial charge on any atom is -0.484 e. The first-order chi connectivity index (χ1) is 19.3. The lowest BCUT2D eigenvalue weighted by Crippen LogP contribution is -2.21. The summed E-state index contributed by atoms with van der Waals surface area (Å²) < 4.78 is 10.8. The van der Waals surface area contributed by atoms with Gasteiger partial charge in [0.05, 0.1) is 22.5 Å². The summed E-state index contributed by atoms with van der Waals surface area (Å²) in [7, 11) is 0. The van der Waals surface area contributed by atoms with Crippen LogP contribution in [0.3, 0.4) is 0 Å². The summed E-state index contributed by atoms with van der Waals surface area (Å²) in [6, 6.07) is 25.9. The van der Waals surface area contributed by atoms with E-state index in [1.807, 2.05) is 0 Å². The Bertz CT molecular complexity index is 1420. The average Bonchev–Trinajstić information content (AvgIpc) is 2.96. The second-order valence-electron chi connectivity index (χ2n) is 8.43. The Hall–Kier alpha value is -5.64. The minimum atomic E-state index is -1.29. The number of para-hydroxylation sites is 2. The van der Waals surface area contributed by atoms with Crippen LogP contribution in [0.4, 0.5) is 11.4 Å². The predicted octanol–water partition coefficient (Wildman–Crippen LogP) is 4.79. The molecule has 0 aliphatic heterocycles. The van der Waals surface area contributed by atoms with Gasteiger partial charge in [-0.1, -0.05) is 48.5 Å². The molecule has 0 bridgehead atoms. The third kappa shape index (κ3) is 7.23. The third-order valence-corrected chi connectivity index (χ3v) is 5.61. The number of aromatic carboxylic acids is 2. The molecule has 0 aliphatic carbocycles. The number of nitrogens with one attached hydrogen (secondary N) is 2. The first-order valence-corrected chi connectivity index (χ1v) is 12.0. The topological polar surface area (TPSA) is 151 Å². The van der Waals surface area contributed by atoms with Crippen molar-refractivity contribution in [1.29, 1.82) is 0 Å². The number of carboxylic acids is 2. The standard InChI is InChI=1S/C30H24N2O8/c33-27(17-39-21-7-3-1-4-8-21)31-25-13-11-19(15-23(25)29(35)36)20-12-14-26(24(16-20)30(37)38)32-28(34)18-40-22-9-5-2-6-10-22/h1-16H,17-18H2,(H,31,33)(H,32,34)(H,35,36)(H,37,38). The van der Waals surface area contributed by atoms with Crippen molar-refractivity contribution in [2.45, 2.75) is 0 Å². The zero-order valence-electron chi connectivity index (χ0n) is 21.0. The molecule has 0 heterocycles. The maximum Gasteiger partial charge on any atom is 0.337 e. The SMILES string of the molecule is O=C(COc1ccccc1)Nc1ccc(-c2ccc(NC(=O)COc3ccccc3)c(C(=O)O)c2)cc1C(=O)O. The maximum atomic E-state index is 12.4. The van der Waals surface area contributed by atoms with E-state index in [-0.39, 0.29) is 35.7 Å². The number of ether oxygens (including phenoxy) is 2. The number of amides is 2. The van der Waals surface area contributed by atoms with Gasteiger partial charge in [-0.3, -0.25) is 9.59 Å². The number of rotatable bonds is 11. The van der Waals surface area contributed by atoms with Gasteiger partial charge in [-0.25, -0.2) is 9.59 Å². The molecule has 0 unspecified atom stereocenters. The Morgan fingerprint density at radius 1 is 0.550 bits per heavy atom. The first kappa shape index (κ1) is 27.4. The summed E-state index contributed by atoms with van der Waals surface area (Å²) in [5.74, 6) is -2.70. The quantitative estimate of drug-likeness (QED) is 0.212. The molecule has 0 aromatic heterocycles. The first-order valence-electron chi connectivity index (χ1n) is 12.0. The fraction of sp³-hybridized carbons (Fsp3) is 0.0667. The van der Waals surface area contributed by atoms with E-state index in [1.165, 1.54) is 24.3 Å². The molecule has 0 fully saturated rings. The molecule has 0 saturated heterocycles. The normalized spacial score (nSPS) is 10.3. The van der Waals surface area contributed by atoms with E-state index in [9.17, 15) is 29.4 Å². The molecule has 10 nitrogen and oxygen atoms in total. The molecular formula is C30H24N2O8. The van der Waals surface area contributed by atoms with Gasteiger partial charge in [0.1, 0.15) is 11.5 Å². The summed E-state index contributed by atoms with van der Waals surface area (Å²) in [6.07, 6.45) is 0. The molecule has 40 heavy (non-hydrogen) atoms. The highest BCUT2D eigenvalue weighted by atomic mass is 16.5. The maximum absolute atomic E-state index is 12.4. The van der Waals surface area contributed by atoms with Crippen molar-refractivity contribution in [3.8, 4) is 22.6 Å². The smallest absolute Gasteiger partial charge is 0.337 e. The lowest BCUT2D eigenvalue weighted by atomic mass is 9.99. The average molecular weight is 541 g/mol. The summed E-state index contributed by atoms with van der Waals surface area (Å²) >= 11 is 0. The minimum absolute atomic E-state index is 0.0543. The summed E-state index contributed by atoms with van der Waals surface area (Å²) in [5.41, 5.74) is 0.500. The molecular weight excluding hydrogens is 516 g/mol. The van der Waals surface area contributed by atoms with Gasteiger partial charge in [-0.2, -0.15) is 0 Å². The molecule has 0 radical (unpaired) electrons. The molecule has 4 rings (SSSR count). The van der Waals surface area contributed by atoms with Crippen LogP contribution >= 0.6 is 0 Å². The highest BCUT2D eigenvalue weighted by Crippen LogP contribution is 2.29. The summed E-state index contributed by atoms with van der Waals surface area (Å²) in [6.45, 7) is -0.646. The summed E-state index contributed by atoms with van der Waals surface area (Å²) in [5, 5.41) is 24.5. The van der Waals surface area contributed by atoms with Crippen LogP contribution in [0.5, 0.6) is 11.5 Å². The lowest BCUT2D eigenvalue weighted by molar-refractivity contribution is -0.118. The molecule has 0 spiro atoms. The van der Waals surface area contributed by atoms with Gasteiger partial charge < -0.3 is 30.3 Å². The van der Waals surface area contributed by atoms with Crippen LogP contribution in [0.2, 0.25) is 0 Å². The van der Waals surface area contributed by atoms with Crippen molar-refractivity contribution in [1.82, 2.24) is 0 Å². The van der Waals surface area contributed by atoms with E-state index >= 15 is 0 Å². The van der Waals surface area contributed by atoms with Crippen LogP contribution in [0.25, 0.3) is 11.1 Å². The fourth-order valence-electron chi connectivity index (χ4n) is 3.72. The highest BCUT2D eigenvalue weighted by Gasteiger charge is 2.18. The van der Waals surface area contributed by atoms with E-state index in [4.69, 9.17) is 9.47 Å². The number of anilines is 2. The zero-order chi connectivity index (χ0) is 28.5. The number of hydrogen-bond acceptors (Lipinski definition) is 6. The molecule has 10 heteroatoms. The van der Waals surface area contributed by atoms with Crippen LogP contribution in [0.15, 0.2) is 97.1 Å². The lowest BCUT2D eigenvalue weighted by Gasteiger charge is -2.13. The predicted molar refractivity (Wildman–Crippen MR) is 147 cm³/mol. The number of carbonyl (C=O) groups is 4. The largest absolute Gasteiger partial charge is 0.484 e. The number of benzene rings is 4. The third-order valence-electron chi connectivity index (χ3n) is 5.61. The Labute approximate surface area is 228 Å². The number of carbonyl (C=O) groups excluding carboxylic acids is 2. The van der Waals surface area contributed by atoms with Crippen LogP contribution < -0.4 is 20.1 Å². The molecule has 4 aromatic rings. The van der Waals surface area contributed by atoms with Gasteiger partial charge in [0.25, 0.3) is 11.8 Å². The van der Waals surface area contributed by atoms with E-state index in [0.29, 0.717) is 22.6 Å². The van der Waals surface area contributed by atoms with Crippen LogP contribution in [-0.4, -0.2) is 47.2 Å². The molecule has 4 aromatic carbocycles. The Morgan fingerprint density at radius 3 is 1.27 bits per heavy atom. The van der Waals surface area contributed by atoms with Crippen LogP contribution in [-0.2, 0) is 9.59 Å². The molecule has 2 amide bonds. The Balaban J connectivity index is 1.48. The van der Waals surface area contributed by atoms with Crippen LogP contribution in [0.1, 0.15) is 20.7 Å². The van der Waals surface area contributed by atoms with Crippen molar-refractivity contribution >= 4 is 35.1 Å². The molecule has 0 aliphatic rings. The second-order valence-corrected chi connectivity index (χ2v) is 8.43. The fourth-order valence-corrected chi connectivity index (χ4v) is 3.72. The molecule has 0 atom stereocenters. The van der Waals surface area contributed by atoms with E-state index < -0.39 is 23.8 Å². The van der Waals surface area contributed by atoms with E-state index in [1.54, 1.807) is 72.8 Å². The molecule has 202 valence electrons. The highest BCUT2D eigenvalue weighted by molar-refractivity contribution is 6.04. The zero-order valence-corrected chi connectivity index (χ0v) is 21.0. The van der Waals surface area contributed by atoms with Crippen molar-refractivity contribution in [3.05, 3.63) is 108 Å². The molecule has 0 saturated carbocycles. The van der Waals surface area contributed by atoms with Gasteiger partial charge in [0.2, 0.25) is 0 Å². The summed E-state index contributed by atoms with van der Waals surface area (Å²) in [4.78, 5) is 48.6. The Morgan fingerprint density at radius 2 is 0.925 bits per heavy atom. The van der Waals surface area contributed by atoms with E-state index in [2.05, 4.69) is 10.6 Å². The van der Waals surface area contributed by atoms with Gasteiger partial charge in [-0.05, 0) is 59.7 Å². The van der Waals surface area contributed by atoms with Crippen molar-refractivity contribution in [2.75, 3.05) is 23.8 Å². The monoisotopic (exact) mass is 540 g/mol. The number of carboxylic acid groups (broad SMARTS) is 2. The van der Waals surface area contributed by atoms with Crippen molar-refractivity contribution in [3.63, 3.8) is 0 Å². The van der Waals surface area contributed by atoms with Gasteiger partial charge in [-0.15, -0.1) is 0 Å². The van der Waals surface area contributed by atoms with Crippen molar-refractivity contribution < 1.29 is 38.9 Å². The second kappa shape index (κ2) is 12.7. The van der Waals surface area contributed by atoms with Crippen molar-refractivity contribution in [2.24, 2.45) is 0 Å². The van der Waals surface area contributed by atoms with Gasteiger partial charge in [0, 0.05) is 0 Å². The number of hydrogen-bond donors (Lipinski definition) is 4. The molecule has 4 N–H and O–H groups in total. The van der Waals surface area contributed by atoms with Crippen LogP contribution in [0, 0.1) is 0 Å². The van der Waals surface area contributed by atoms with Gasteiger partial charge >= 0.3 is 11.9 Å². The van der Waals surface area contributed by atoms with Gasteiger partial charge in [0.15, 0.2) is 13.2 Å².